The van der Waals surface area contributed by atoms with Gasteiger partial charge in [0.2, 0.25) is 5.89 Å². The lowest BCUT2D eigenvalue weighted by molar-refractivity contribution is 0.0550. The highest BCUT2D eigenvalue weighted by Gasteiger charge is 2.33. The molecule has 1 unspecified atom stereocenters. The minimum Gasteiger partial charge on any atom is -0.381 e. The van der Waals surface area contributed by atoms with E-state index in [9.17, 15) is 4.79 Å². The quantitative estimate of drug-likeness (QED) is 0.679. The van der Waals surface area contributed by atoms with E-state index < -0.39 is 0 Å². The Balaban J connectivity index is 1.35. The van der Waals surface area contributed by atoms with Crippen molar-refractivity contribution in [3.63, 3.8) is 0 Å². The third kappa shape index (κ3) is 4.27. The maximum Gasteiger partial charge on any atom is 0.272 e. The molecular formula is C20H29N5O3. The SMILES string of the molecule is Cn1nccc1C(=O)N1CCCCC1c1nc(CCOCC2CCCC2)no1. The maximum absolute atomic E-state index is 13.0. The lowest BCUT2D eigenvalue weighted by atomic mass is 10.0. The second kappa shape index (κ2) is 8.86. The molecule has 2 fully saturated rings. The van der Waals surface area contributed by atoms with Gasteiger partial charge in [0.1, 0.15) is 11.7 Å². The Hall–Kier alpha value is -2.22. The van der Waals surface area contributed by atoms with Gasteiger partial charge in [0.05, 0.1) is 6.61 Å². The fraction of sp³-hybridized carbons (Fsp3) is 0.700. The summed E-state index contributed by atoms with van der Waals surface area (Å²) in [6.07, 6.45) is 10.4. The predicted molar refractivity (Wildman–Crippen MR) is 102 cm³/mol. The van der Waals surface area contributed by atoms with Gasteiger partial charge in [-0.3, -0.25) is 9.48 Å². The van der Waals surface area contributed by atoms with Gasteiger partial charge in [-0.1, -0.05) is 18.0 Å². The Kier molecular flexibility index (Phi) is 6.04. The average Bonchev–Trinajstić information content (AvgIpc) is 3.47. The summed E-state index contributed by atoms with van der Waals surface area (Å²) in [4.78, 5) is 19.4. The molecule has 8 heteroatoms. The number of hydrogen-bond acceptors (Lipinski definition) is 6. The van der Waals surface area contributed by atoms with Crippen LogP contribution in [0.4, 0.5) is 0 Å². The van der Waals surface area contributed by atoms with E-state index in [0.717, 1.165) is 31.8 Å². The van der Waals surface area contributed by atoms with E-state index in [1.165, 1.54) is 25.7 Å². The molecule has 3 heterocycles. The van der Waals surface area contributed by atoms with Gasteiger partial charge in [-0.15, -0.1) is 0 Å². The average molecular weight is 387 g/mol. The maximum atomic E-state index is 13.0. The highest BCUT2D eigenvalue weighted by atomic mass is 16.5. The smallest absolute Gasteiger partial charge is 0.272 e. The van der Waals surface area contributed by atoms with E-state index in [2.05, 4.69) is 15.2 Å². The lowest BCUT2D eigenvalue weighted by Crippen LogP contribution is -2.39. The fourth-order valence-electron chi connectivity index (χ4n) is 4.26. The second-order valence-corrected chi connectivity index (χ2v) is 7.87. The third-order valence-electron chi connectivity index (χ3n) is 5.87. The molecule has 1 aliphatic heterocycles. The van der Waals surface area contributed by atoms with Crippen LogP contribution in [0.5, 0.6) is 0 Å². The van der Waals surface area contributed by atoms with E-state index in [0.29, 0.717) is 37.0 Å². The minimum absolute atomic E-state index is 0.0376. The van der Waals surface area contributed by atoms with Gasteiger partial charge in [0.15, 0.2) is 5.82 Å². The Morgan fingerprint density at radius 1 is 1.25 bits per heavy atom. The van der Waals surface area contributed by atoms with Crippen LogP contribution in [0.15, 0.2) is 16.8 Å². The molecule has 1 aliphatic carbocycles. The Morgan fingerprint density at radius 2 is 2.07 bits per heavy atom. The van der Waals surface area contributed by atoms with Crippen LogP contribution in [-0.4, -0.2) is 50.5 Å². The zero-order valence-electron chi connectivity index (χ0n) is 16.5. The summed E-state index contributed by atoms with van der Waals surface area (Å²) in [6.45, 7) is 2.13. The summed E-state index contributed by atoms with van der Waals surface area (Å²) in [7, 11) is 1.78. The number of carbonyl (C=O) groups excluding carboxylic acids is 1. The number of aryl methyl sites for hydroxylation is 1. The topological polar surface area (TPSA) is 86.3 Å². The van der Waals surface area contributed by atoms with Crippen molar-refractivity contribution >= 4 is 5.91 Å². The van der Waals surface area contributed by atoms with Crippen molar-refractivity contribution in [2.45, 2.75) is 57.4 Å². The van der Waals surface area contributed by atoms with Crippen molar-refractivity contribution in [1.29, 1.82) is 0 Å². The molecule has 1 saturated heterocycles. The molecule has 0 radical (unpaired) electrons. The third-order valence-corrected chi connectivity index (χ3v) is 5.87. The molecule has 2 aromatic heterocycles. The van der Waals surface area contributed by atoms with Gasteiger partial charge >= 0.3 is 0 Å². The molecule has 0 aromatic carbocycles. The molecule has 0 bridgehead atoms. The highest BCUT2D eigenvalue weighted by Crippen LogP contribution is 2.31. The molecule has 152 valence electrons. The van der Waals surface area contributed by atoms with Crippen LogP contribution in [0, 0.1) is 5.92 Å². The van der Waals surface area contributed by atoms with Gasteiger partial charge in [0, 0.05) is 32.8 Å². The number of carbonyl (C=O) groups is 1. The number of ether oxygens (including phenoxy) is 1. The molecule has 0 N–H and O–H groups in total. The Labute approximate surface area is 165 Å². The lowest BCUT2D eigenvalue weighted by Gasteiger charge is -2.33. The van der Waals surface area contributed by atoms with Crippen LogP contribution in [0.2, 0.25) is 0 Å². The molecule has 2 aromatic rings. The number of rotatable bonds is 7. The van der Waals surface area contributed by atoms with Gasteiger partial charge < -0.3 is 14.2 Å². The van der Waals surface area contributed by atoms with Crippen molar-refractivity contribution in [1.82, 2.24) is 24.8 Å². The second-order valence-electron chi connectivity index (χ2n) is 7.87. The van der Waals surface area contributed by atoms with Crippen LogP contribution in [0.1, 0.15) is 73.2 Å². The number of aromatic nitrogens is 4. The predicted octanol–water partition coefficient (Wildman–Crippen LogP) is 2.92. The van der Waals surface area contributed by atoms with E-state index >= 15 is 0 Å². The summed E-state index contributed by atoms with van der Waals surface area (Å²) >= 11 is 0. The molecule has 28 heavy (non-hydrogen) atoms. The molecular weight excluding hydrogens is 358 g/mol. The Morgan fingerprint density at radius 3 is 2.86 bits per heavy atom. The number of nitrogens with zero attached hydrogens (tertiary/aromatic N) is 5. The molecule has 2 aliphatic rings. The molecule has 0 spiro atoms. The first kappa shape index (κ1) is 19.1. The van der Waals surface area contributed by atoms with Gasteiger partial charge in [0.25, 0.3) is 5.91 Å². The van der Waals surface area contributed by atoms with Crippen molar-refractivity contribution in [2.75, 3.05) is 19.8 Å². The summed E-state index contributed by atoms with van der Waals surface area (Å²) in [5.74, 6) is 1.86. The number of hydrogen-bond donors (Lipinski definition) is 0. The van der Waals surface area contributed by atoms with Crippen LogP contribution in [0.3, 0.4) is 0 Å². The zero-order valence-corrected chi connectivity index (χ0v) is 16.5. The summed E-state index contributed by atoms with van der Waals surface area (Å²) < 4.78 is 12.9. The van der Waals surface area contributed by atoms with Crippen molar-refractivity contribution in [3.8, 4) is 0 Å². The first-order valence-electron chi connectivity index (χ1n) is 10.4. The molecule has 1 atom stereocenters. The minimum atomic E-state index is -0.170. The fourth-order valence-corrected chi connectivity index (χ4v) is 4.26. The van der Waals surface area contributed by atoms with Crippen LogP contribution in [-0.2, 0) is 18.2 Å². The molecule has 1 saturated carbocycles. The monoisotopic (exact) mass is 387 g/mol. The van der Waals surface area contributed by atoms with E-state index in [4.69, 9.17) is 9.26 Å². The standard InChI is InChI=1S/C20H29N5O3/c1-24-17(9-11-21-24)20(26)25-12-5-4-8-16(25)19-22-18(23-28-19)10-13-27-14-15-6-2-3-7-15/h9,11,15-16H,2-8,10,12-14H2,1H3. The Bertz CT molecular complexity index is 780. The van der Waals surface area contributed by atoms with E-state index in [1.54, 1.807) is 24.0 Å². The first-order chi connectivity index (χ1) is 13.7. The highest BCUT2D eigenvalue weighted by molar-refractivity contribution is 5.92. The summed E-state index contributed by atoms with van der Waals surface area (Å²) in [5.41, 5.74) is 0.576. The summed E-state index contributed by atoms with van der Waals surface area (Å²) in [5, 5.41) is 8.22. The van der Waals surface area contributed by atoms with Crippen LogP contribution < -0.4 is 0 Å². The van der Waals surface area contributed by atoms with E-state index in [-0.39, 0.29) is 11.9 Å². The normalized spacial score (nSPS) is 20.8. The van der Waals surface area contributed by atoms with Gasteiger partial charge in [-0.05, 0) is 44.1 Å². The van der Waals surface area contributed by atoms with Crippen LogP contribution >= 0.6 is 0 Å². The largest absolute Gasteiger partial charge is 0.381 e. The van der Waals surface area contributed by atoms with Crippen molar-refractivity contribution in [2.24, 2.45) is 13.0 Å². The number of likely N-dealkylation sites (tertiary alicyclic amines) is 1. The van der Waals surface area contributed by atoms with Gasteiger partial charge in [-0.2, -0.15) is 10.1 Å². The molecule has 4 rings (SSSR count). The van der Waals surface area contributed by atoms with Gasteiger partial charge in [-0.25, -0.2) is 0 Å². The number of amides is 1. The first-order valence-corrected chi connectivity index (χ1v) is 10.4. The van der Waals surface area contributed by atoms with E-state index in [1.807, 2.05) is 4.90 Å². The van der Waals surface area contributed by atoms with Crippen LogP contribution in [0.25, 0.3) is 0 Å². The summed E-state index contributed by atoms with van der Waals surface area (Å²) in [6, 6.07) is 1.58. The molecule has 1 amide bonds. The zero-order chi connectivity index (χ0) is 19.3. The van der Waals surface area contributed by atoms with Crippen molar-refractivity contribution in [3.05, 3.63) is 29.7 Å². The molecule has 8 nitrogen and oxygen atoms in total. The van der Waals surface area contributed by atoms with Crippen molar-refractivity contribution < 1.29 is 14.1 Å². The number of piperidine rings is 1.